The molecule has 1 unspecified atom stereocenters. The Morgan fingerprint density at radius 3 is 2.47 bits per heavy atom. The normalized spacial score (nSPS) is 19.5. The molecule has 0 bridgehead atoms. The highest BCUT2D eigenvalue weighted by Crippen LogP contribution is 2.14. The maximum Gasteiger partial charge on any atom is 0.225 e. The molecule has 0 aromatic carbocycles. The molecular weight excluding hydrogens is 268 g/mol. The Labute approximate surface area is 116 Å². The largest absolute Gasteiger partial charge is 0.409 e. The molecule has 1 aliphatic rings. The number of anilines is 1. The Morgan fingerprint density at radius 2 is 1.95 bits per heavy atom. The van der Waals surface area contributed by atoms with E-state index >= 15 is 0 Å². The number of amidine groups is 1. The van der Waals surface area contributed by atoms with Crippen molar-refractivity contribution in [2.24, 2.45) is 10.9 Å². The second kappa shape index (κ2) is 6.03. The van der Waals surface area contributed by atoms with E-state index in [0.717, 1.165) is 26.2 Å². The van der Waals surface area contributed by atoms with Crippen LogP contribution in [-0.2, 0) is 0 Å². The van der Waals surface area contributed by atoms with Crippen LogP contribution in [-0.4, -0.2) is 58.1 Å². The van der Waals surface area contributed by atoms with Gasteiger partial charge in [-0.05, 0) is 6.92 Å². The molecule has 104 valence electrons. The second-order valence-electron chi connectivity index (χ2n) is 4.43. The van der Waals surface area contributed by atoms with Crippen LogP contribution in [0.2, 0.25) is 5.02 Å². The molecule has 0 radical (unpaired) electrons. The van der Waals surface area contributed by atoms with Gasteiger partial charge in [-0.1, -0.05) is 16.8 Å². The summed E-state index contributed by atoms with van der Waals surface area (Å²) in [7, 11) is 0. The Kier molecular flexibility index (Phi) is 4.39. The summed E-state index contributed by atoms with van der Waals surface area (Å²) in [5.74, 6) is 0.914. The van der Waals surface area contributed by atoms with Gasteiger partial charge in [0.1, 0.15) is 0 Å². The molecule has 1 saturated heterocycles. The van der Waals surface area contributed by atoms with Gasteiger partial charge in [0.15, 0.2) is 5.84 Å². The predicted molar refractivity (Wildman–Crippen MR) is 73.7 cm³/mol. The first-order chi connectivity index (χ1) is 9.11. The summed E-state index contributed by atoms with van der Waals surface area (Å²) in [5.41, 5.74) is 5.62. The van der Waals surface area contributed by atoms with E-state index in [2.05, 4.69) is 24.9 Å². The van der Waals surface area contributed by atoms with Crippen molar-refractivity contribution in [3.05, 3.63) is 17.4 Å². The van der Waals surface area contributed by atoms with Gasteiger partial charge in [0.05, 0.1) is 23.5 Å². The molecule has 8 heteroatoms. The highest BCUT2D eigenvalue weighted by atomic mass is 35.5. The fraction of sp³-hybridized carbons (Fsp3) is 0.545. The van der Waals surface area contributed by atoms with Gasteiger partial charge in [0, 0.05) is 26.2 Å². The number of halogens is 1. The van der Waals surface area contributed by atoms with E-state index in [4.69, 9.17) is 22.5 Å². The van der Waals surface area contributed by atoms with Gasteiger partial charge in [-0.25, -0.2) is 9.97 Å². The lowest BCUT2D eigenvalue weighted by Crippen LogP contribution is -2.53. The lowest BCUT2D eigenvalue weighted by atomic mass is 10.2. The third kappa shape index (κ3) is 3.24. The highest BCUT2D eigenvalue weighted by Gasteiger charge is 2.24. The van der Waals surface area contributed by atoms with Crippen molar-refractivity contribution < 1.29 is 5.21 Å². The first-order valence-electron chi connectivity index (χ1n) is 6.05. The highest BCUT2D eigenvalue weighted by molar-refractivity contribution is 6.30. The first-order valence-corrected chi connectivity index (χ1v) is 6.43. The van der Waals surface area contributed by atoms with Crippen LogP contribution in [0, 0.1) is 0 Å². The van der Waals surface area contributed by atoms with Gasteiger partial charge in [-0.3, -0.25) is 4.90 Å². The number of rotatable bonds is 3. The molecule has 1 fully saturated rings. The topological polar surface area (TPSA) is 90.9 Å². The predicted octanol–water partition coefficient (Wildman–Crippen LogP) is 0.387. The van der Waals surface area contributed by atoms with Gasteiger partial charge in [-0.2, -0.15) is 0 Å². The fourth-order valence-electron chi connectivity index (χ4n) is 2.05. The molecule has 0 saturated carbocycles. The van der Waals surface area contributed by atoms with Crippen LogP contribution in [0.5, 0.6) is 0 Å². The molecular formula is C11H17ClN6O. The minimum absolute atomic E-state index is 0.0710. The molecule has 0 amide bonds. The Bertz CT molecular complexity index is 443. The average Bonchev–Trinajstić information content (AvgIpc) is 2.46. The summed E-state index contributed by atoms with van der Waals surface area (Å²) in [5, 5.41) is 12.3. The Hall–Kier alpha value is -1.60. The Morgan fingerprint density at radius 1 is 1.37 bits per heavy atom. The summed E-state index contributed by atoms with van der Waals surface area (Å²) < 4.78 is 0. The van der Waals surface area contributed by atoms with Crippen molar-refractivity contribution in [3.8, 4) is 0 Å². The number of piperazine rings is 1. The van der Waals surface area contributed by atoms with Crippen molar-refractivity contribution >= 4 is 23.4 Å². The quantitative estimate of drug-likeness (QED) is 0.361. The number of oxime groups is 1. The molecule has 1 aromatic rings. The van der Waals surface area contributed by atoms with E-state index in [1.165, 1.54) is 0 Å². The third-order valence-electron chi connectivity index (χ3n) is 3.30. The lowest BCUT2D eigenvalue weighted by molar-refractivity contribution is 0.229. The van der Waals surface area contributed by atoms with Crippen molar-refractivity contribution in [1.29, 1.82) is 0 Å². The summed E-state index contributed by atoms with van der Waals surface area (Å²) in [4.78, 5) is 12.6. The standard InChI is InChI=1S/C11H17ClN6O/c1-8(10(13)16-19)17-2-4-18(5-3-17)11-14-6-9(12)7-15-11/h6-8,19H,2-5H2,1H3,(H2,13,16). The molecule has 1 aromatic heterocycles. The second-order valence-corrected chi connectivity index (χ2v) is 4.86. The smallest absolute Gasteiger partial charge is 0.225 e. The number of aromatic nitrogens is 2. The number of nitrogens with zero attached hydrogens (tertiary/aromatic N) is 5. The van der Waals surface area contributed by atoms with E-state index in [0.29, 0.717) is 11.0 Å². The van der Waals surface area contributed by atoms with Crippen molar-refractivity contribution in [1.82, 2.24) is 14.9 Å². The van der Waals surface area contributed by atoms with Crippen LogP contribution in [0.3, 0.4) is 0 Å². The molecule has 7 nitrogen and oxygen atoms in total. The molecule has 2 rings (SSSR count). The van der Waals surface area contributed by atoms with Crippen molar-refractivity contribution in [2.75, 3.05) is 31.1 Å². The van der Waals surface area contributed by atoms with Gasteiger partial charge in [-0.15, -0.1) is 0 Å². The van der Waals surface area contributed by atoms with Crippen LogP contribution in [0.15, 0.2) is 17.5 Å². The summed E-state index contributed by atoms with van der Waals surface area (Å²) >= 11 is 5.76. The van der Waals surface area contributed by atoms with Crippen LogP contribution in [0.1, 0.15) is 6.92 Å². The van der Waals surface area contributed by atoms with Crippen LogP contribution < -0.4 is 10.6 Å². The molecule has 3 N–H and O–H groups in total. The van der Waals surface area contributed by atoms with Gasteiger partial charge >= 0.3 is 0 Å². The number of hydrogen-bond acceptors (Lipinski definition) is 6. The maximum atomic E-state index is 8.69. The fourth-order valence-corrected chi connectivity index (χ4v) is 2.15. The summed E-state index contributed by atoms with van der Waals surface area (Å²) in [6.45, 7) is 5.13. The first kappa shape index (κ1) is 13.8. The molecule has 19 heavy (non-hydrogen) atoms. The van der Waals surface area contributed by atoms with Crippen LogP contribution in [0.4, 0.5) is 5.95 Å². The van der Waals surface area contributed by atoms with E-state index in [1.54, 1.807) is 12.4 Å². The average molecular weight is 285 g/mol. The van der Waals surface area contributed by atoms with Crippen molar-refractivity contribution in [3.63, 3.8) is 0 Å². The molecule has 1 aliphatic heterocycles. The molecule has 1 atom stereocenters. The number of hydrogen-bond donors (Lipinski definition) is 2. The minimum Gasteiger partial charge on any atom is -0.409 e. The van der Waals surface area contributed by atoms with Gasteiger partial charge < -0.3 is 15.8 Å². The van der Waals surface area contributed by atoms with Gasteiger partial charge in [0.2, 0.25) is 5.95 Å². The third-order valence-corrected chi connectivity index (χ3v) is 3.49. The monoisotopic (exact) mass is 284 g/mol. The Balaban J connectivity index is 1.94. The minimum atomic E-state index is -0.0710. The van der Waals surface area contributed by atoms with Crippen LogP contribution in [0.25, 0.3) is 0 Å². The zero-order valence-corrected chi connectivity index (χ0v) is 11.5. The lowest BCUT2D eigenvalue weighted by Gasteiger charge is -2.37. The molecule has 0 spiro atoms. The molecule has 2 heterocycles. The van der Waals surface area contributed by atoms with Crippen LogP contribution >= 0.6 is 11.6 Å². The van der Waals surface area contributed by atoms with E-state index < -0.39 is 0 Å². The summed E-state index contributed by atoms with van der Waals surface area (Å²) in [6.07, 6.45) is 3.19. The molecule has 0 aliphatic carbocycles. The number of nitrogens with two attached hydrogens (primary N) is 1. The van der Waals surface area contributed by atoms with E-state index in [1.807, 2.05) is 6.92 Å². The zero-order chi connectivity index (χ0) is 13.8. The summed E-state index contributed by atoms with van der Waals surface area (Å²) in [6, 6.07) is -0.0710. The van der Waals surface area contributed by atoms with Crippen molar-refractivity contribution in [2.45, 2.75) is 13.0 Å². The van der Waals surface area contributed by atoms with Gasteiger partial charge in [0.25, 0.3) is 0 Å². The van der Waals surface area contributed by atoms with E-state index in [-0.39, 0.29) is 11.9 Å². The zero-order valence-electron chi connectivity index (χ0n) is 10.7. The van der Waals surface area contributed by atoms with E-state index in [9.17, 15) is 0 Å². The SMILES string of the molecule is CC(C(N)=NO)N1CCN(c2ncc(Cl)cn2)CC1. The maximum absolute atomic E-state index is 8.69.